The van der Waals surface area contributed by atoms with Crippen molar-refractivity contribution in [3.05, 3.63) is 108 Å². The number of carbonyl (C=O) groups excluding carboxylic acids is 1. The molecule has 1 unspecified atom stereocenters. The van der Waals surface area contributed by atoms with E-state index in [9.17, 15) is 4.79 Å². The van der Waals surface area contributed by atoms with E-state index in [0.29, 0.717) is 6.42 Å². The highest BCUT2D eigenvalue weighted by atomic mass is 16.1. The Labute approximate surface area is 178 Å². The average Bonchev–Trinajstić information content (AvgIpc) is 3.11. The second-order valence-corrected chi connectivity index (χ2v) is 7.81. The first-order valence-corrected chi connectivity index (χ1v) is 10.6. The van der Waals surface area contributed by atoms with Gasteiger partial charge >= 0.3 is 0 Å². The fourth-order valence-corrected chi connectivity index (χ4v) is 4.23. The standard InChI is InChI=1S/C27H28N2O/c1-3-26(30)27(24-20-28(2)25-17-11-10-16-23(24)25)29(18-21-12-6-4-7-13-21)19-22-14-8-5-9-15-22/h4-17,20,27H,3,18-19H2,1-2H3. The average molecular weight is 397 g/mol. The summed E-state index contributed by atoms with van der Waals surface area (Å²) >= 11 is 0. The van der Waals surface area contributed by atoms with Crippen molar-refractivity contribution < 1.29 is 4.79 Å². The molecule has 3 nitrogen and oxygen atoms in total. The summed E-state index contributed by atoms with van der Waals surface area (Å²) in [5.74, 6) is 0.248. The van der Waals surface area contributed by atoms with Gasteiger partial charge in [0.2, 0.25) is 0 Å². The number of ketones is 1. The molecule has 0 saturated carbocycles. The van der Waals surface area contributed by atoms with Gasteiger partial charge in [0.05, 0.1) is 6.04 Å². The van der Waals surface area contributed by atoms with Crippen LogP contribution in [0.5, 0.6) is 0 Å². The SMILES string of the molecule is CCC(=O)C(c1cn(C)c2ccccc12)N(Cc1ccccc1)Cc1ccccc1. The van der Waals surface area contributed by atoms with E-state index in [-0.39, 0.29) is 11.8 Å². The lowest BCUT2D eigenvalue weighted by molar-refractivity contribution is -0.124. The Morgan fingerprint density at radius 2 is 1.37 bits per heavy atom. The Balaban J connectivity index is 1.81. The van der Waals surface area contributed by atoms with Gasteiger partial charge in [0, 0.05) is 49.2 Å². The van der Waals surface area contributed by atoms with Crippen molar-refractivity contribution in [1.29, 1.82) is 0 Å². The van der Waals surface area contributed by atoms with Crippen molar-refractivity contribution in [2.45, 2.75) is 32.5 Å². The van der Waals surface area contributed by atoms with E-state index in [2.05, 4.69) is 95.5 Å². The van der Waals surface area contributed by atoms with E-state index in [1.807, 2.05) is 19.1 Å². The van der Waals surface area contributed by atoms with Gasteiger partial charge < -0.3 is 4.57 Å². The van der Waals surface area contributed by atoms with Gasteiger partial charge in [0.1, 0.15) is 0 Å². The Bertz CT molecular complexity index is 1070. The van der Waals surface area contributed by atoms with E-state index < -0.39 is 0 Å². The number of Topliss-reactive ketones (excluding diaryl/α,β-unsaturated/α-hetero) is 1. The number of fused-ring (bicyclic) bond motifs is 1. The van der Waals surface area contributed by atoms with Crippen LogP contribution in [0.1, 0.15) is 36.1 Å². The number of hydrogen-bond donors (Lipinski definition) is 0. The topological polar surface area (TPSA) is 25.2 Å². The van der Waals surface area contributed by atoms with E-state index in [0.717, 1.165) is 29.6 Å². The molecule has 1 heterocycles. The van der Waals surface area contributed by atoms with Crippen LogP contribution >= 0.6 is 0 Å². The molecule has 0 N–H and O–H groups in total. The van der Waals surface area contributed by atoms with Crippen molar-refractivity contribution in [1.82, 2.24) is 9.47 Å². The zero-order valence-electron chi connectivity index (χ0n) is 17.7. The summed E-state index contributed by atoms with van der Waals surface area (Å²) in [6.45, 7) is 3.40. The minimum Gasteiger partial charge on any atom is -0.350 e. The third-order valence-electron chi connectivity index (χ3n) is 5.70. The lowest BCUT2D eigenvalue weighted by atomic mass is 9.97. The van der Waals surface area contributed by atoms with Gasteiger partial charge in [0.15, 0.2) is 5.78 Å². The molecule has 0 spiro atoms. The van der Waals surface area contributed by atoms with Gasteiger partial charge in [-0.15, -0.1) is 0 Å². The summed E-state index contributed by atoms with van der Waals surface area (Å²) in [7, 11) is 2.05. The van der Waals surface area contributed by atoms with Crippen LogP contribution in [0, 0.1) is 0 Å². The normalized spacial score (nSPS) is 12.4. The van der Waals surface area contributed by atoms with Crippen molar-refractivity contribution in [2.24, 2.45) is 7.05 Å². The highest BCUT2D eigenvalue weighted by Gasteiger charge is 2.29. The van der Waals surface area contributed by atoms with E-state index >= 15 is 0 Å². The third-order valence-corrected chi connectivity index (χ3v) is 5.70. The molecule has 4 aromatic rings. The minimum atomic E-state index is -0.290. The number of hydrogen-bond acceptors (Lipinski definition) is 2. The van der Waals surface area contributed by atoms with Crippen LogP contribution in [0.15, 0.2) is 91.1 Å². The summed E-state index contributed by atoms with van der Waals surface area (Å²) in [6.07, 6.45) is 2.64. The Kier molecular flexibility index (Phi) is 6.10. The molecule has 4 rings (SSSR count). The van der Waals surface area contributed by atoms with Gasteiger partial charge in [-0.25, -0.2) is 0 Å². The summed E-state index contributed by atoms with van der Waals surface area (Å²) in [5.41, 5.74) is 4.66. The molecule has 0 aliphatic heterocycles. The minimum absolute atomic E-state index is 0.248. The Morgan fingerprint density at radius 3 is 1.93 bits per heavy atom. The molecule has 0 aliphatic rings. The van der Waals surface area contributed by atoms with Crippen LogP contribution in [-0.2, 0) is 24.9 Å². The van der Waals surface area contributed by atoms with Crippen LogP contribution in [0.3, 0.4) is 0 Å². The molecule has 0 saturated heterocycles. The van der Waals surface area contributed by atoms with Gasteiger partial charge in [0.25, 0.3) is 0 Å². The molecule has 152 valence electrons. The maximum atomic E-state index is 13.3. The fourth-order valence-electron chi connectivity index (χ4n) is 4.23. The number of aromatic nitrogens is 1. The first-order valence-electron chi connectivity index (χ1n) is 10.6. The first-order chi connectivity index (χ1) is 14.7. The fraction of sp³-hybridized carbons (Fsp3) is 0.222. The number of para-hydroxylation sites is 1. The number of benzene rings is 3. The number of rotatable bonds is 8. The lowest BCUT2D eigenvalue weighted by Gasteiger charge is -2.31. The molecule has 0 radical (unpaired) electrons. The summed E-state index contributed by atoms with van der Waals surface area (Å²) in [4.78, 5) is 15.7. The molecule has 0 fully saturated rings. The van der Waals surface area contributed by atoms with Gasteiger partial charge in [-0.3, -0.25) is 9.69 Å². The number of carbonyl (C=O) groups is 1. The monoisotopic (exact) mass is 396 g/mol. The highest BCUT2D eigenvalue weighted by molar-refractivity contribution is 5.93. The number of aryl methyl sites for hydroxylation is 1. The van der Waals surface area contributed by atoms with E-state index in [1.54, 1.807) is 0 Å². The van der Waals surface area contributed by atoms with Crippen molar-refractivity contribution in [2.75, 3.05) is 0 Å². The first kappa shape index (κ1) is 20.1. The second-order valence-electron chi connectivity index (χ2n) is 7.81. The van der Waals surface area contributed by atoms with Gasteiger partial charge in [-0.2, -0.15) is 0 Å². The molecule has 3 aromatic carbocycles. The zero-order valence-corrected chi connectivity index (χ0v) is 17.7. The van der Waals surface area contributed by atoms with Crippen LogP contribution < -0.4 is 0 Å². The van der Waals surface area contributed by atoms with Crippen LogP contribution in [0.4, 0.5) is 0 Å². The highest BCUT2D eigenvalue weighted by Crippen LogP contribution is 2.33. The largest absolute Gasteiger partial charge is 0.350 e. The van der Waals surface area contributed by atoms with Crippen molar-refractivity contribution in [3.8, 4) is 0 Å². The molecule has 0 amide bonds. The Hall–Kier alpha value is -3.17. The van der Waals surface area contributed by atoms with Crippen molar-refractivity contribution in [3.63, 3.8) is 0 Å². The number of nitrogens with zero attached hydrogens (tertiary/aromatic N) is 2. The summed E-state index contributed by atoms with van der Waals surface area (Å²) in [6, 6.07) is 28.9. The molecule has 1 aromatic heterocycles. The van der Waals surface area contributed by atoms with Gasteiger partial charge in [-0.05, 0) is 17.2 Å². The smallest absolute Gasteiger partial charge is 0.154 e. The van der Waals surface area contributed by atoms with E-state index in [1.165, 1.54) is 11.1 Å². The zero-order chi connectivity index (χ0) is 20.9. The van der Waals surface area contributed by atoms with Crippen LogP contribution in [0.25, 0.3) is 10.9 Å². The lowest BCUT2D eigenvalue weighted by Crippen LogP contribution is -2.33. The molecule has 0 bridgehead atoms. The molecule has 1 atom stereocenters. The van der Waals surface area contributed by atoms with Crippen molar-refractivity contribution >= 4 is 16.7 Å². The molecule has 30 heavy (non-hydrogen) atoms. The second kappa shape index (κ2) is 9.10. The molecular weight excluding hydrogens is 368 g/mol. The third kappa shape index (κ3) is 4.22. The molecular formula is C27H28N2O. The van der Waals surface area contributed by atoms with Crippen LogP contribution in [-0.4, -0.2) is 15.3 Å². The predicted octanol–water partition coefficient (Wildman–Crippen LogP) is 5.90. The molecule has 0 aliphatic carbocycles. The Morgan fingerprint density at radius 1 is 0.833 bits per heavy atom. The maximum absolute atomic E-state index is 13.3. The quantitative estimate of drug-likeness (QED) is 0.370. The predicted molar refractivity (Wildman–Crippen MR) is 123 cm³/mol. The van der Waals surface area contributed by atoms with Crippen LogP contribution in [0.2, 0.25) is 0 Å². The van der Waals surface area contributed by atoms with Gasteiger partial charge in [-0.1, -0.05) is 85.8 Å². The molecule has 3 heteroatoms. The maximum Gasteiger partial charge on any atom is 0.154 e. The van der Waals surface area contributed by atoms with E-state index in [4.69, 9.17) is 0 Å². The summed E-state index contributed by atoms with van der Waals surface area (Å²) < 4.78 is 2.13. The summed E-state index contributed by atoms with van der Waals surface area (Å²) in [5, 5.41) is 1.15.